The molecule has 2 aromatic carbocycles. The van der Waals surface area contributed by atoms with Crippen LogP contribution in [0.2, 0.25) is 0 Å². The maximum absolute atomic E-state index is 13.8. The molecule has 0 aromatic heterocycles. The van der Waals surface area contributed by atoms with E-state index in [4.69, 9.17) is 0 Å². The summed E-state index contributed by atoms with van der Waals surface area (Å²) in [6.07, 6.45) is 7.94. The van der Waals surface area contributed by atoms with E-state index in [2.05, 4.69) is 42.6 Å². The molecule has 1 saturated heterocycles. The Morgan fingerprint density at radius 1 is 1.00 bits per heavy atom. The Morgan fingerprint density at radius 3 is 2.29 bits per heavy atom. The van der Waals surface area contributed by atoms with Crippen LogP contribution < -0.4 is 5.32 Å². The van der Waals surface area contributed by atoms with E-state index in [1.54, 1.807) is 6.92 Å². The number of hydrogen-bond acceptors (Lipinski definition) is 2. The first kappa shape index (κ1) is 21.4. The lowest BCUT2D eigenvalue weighted by Gasteiger charge is -2.51. The summed E-state index contributed by atoms with van der Waals surface area (Å²) < 4.78 is 0. The summed E-state index contributed by atoms with van der Waals surface area (Å²) in [6.45, 7) is 3.73. The first-order chi connectivity index (χ1) is 15.0. The van der Waals surface area contributed by atoms with Crippen LogP contribution in [0, 0.1) is 0 Å². The maximum atomic E-state index is 13.8. The molecule has 0 spiro atoms. The van der Waals surface area contributed by atoms with Gasteiger partial charge in [0.05, 0.1) is 6.04 Å². The number of amides is 2. The van der Waals surface area contributed by atoms with Gasteiger partial charge >= 0.3 is 0 Å². The zero-order valence-electron chi connectivity index (χ0n) is 18.5. The molecule has 162 valence electrons. The van der Waals surface area contributed by atoms with Crippen molar-refractivity contribution in [1.82, 2.24) is 10.2 Å². The number of benzene rings is 2. The number of piperidine rings is 1. The largest absolute Gasteiger partial charge is 0.328 e. The summed E-state index contributed by atoms with van der Waals surface area (Å²) >= 11 is 0. The van der Waals surface area contributed by atoms with Crippen LogP contribution in [-0.4, -0.2) is 22.8 Å². The SMILES string of the molecule is CC(=O)N1[C@H](c2ccccc2)CC[C@](C)(c2ccccc2)[C@H]1C(=O)NC1=CCCCC1. The normalized spacial score (nSPS) is 26.1. The summed E-state index contributed by atoms with van der Waals surface area (Å²) in [6, 6.07) is 19.6. The smallest absolute Gasteiger partial charge is 0.247 e. The molecule has 1 fully saturated rings. The van der Waals surface area contributed by atoms with Crippen LogP contribution in [0.5, 0.6) is 0 Å². The molecular formula is C27H32N2O2. The number of nitrogens with zero attached hydrogens (tertiary/aromatic N) is 1. The molecule has 1 heterocycles. The Labute approximate surface area is 185 Å². The third-order valence-electron chi connectivity index (χ3n) is 6.96. The molecule has 2 aliphatic rings. The third kappa shape index (κ3) is 4.30. The lowest BCUT2D eigenvalue weighted by atomic mass is 9.67. The highest BCUT2D eigenvalue weighted by Crippen LogP contribution is 2.46. The van der Waals surface area contributed by atoms with Gasteiger partial charge in [-0.2, -0.15) is 0 Å². The van der Waals surface area contributed by atoms with E-state index in [1.807, 2.05) is 41.3 Å². The summed E-state index contributed by atoms with van der Waals surface area (Å²) in [7, 11) is 0. The van der Waals surface area contributed by atoms with Crippen LogP contribution in [0.25, 0.3) is 0 Å². The van der Waals surface area contributed by atoms with Crippen molar-refractivity contribution in [3.63, 3.8) is 0 Å². The van der Waals surface area contributed by atoms with Gasteiger partial charge in [0.25, 0.3) is 0 Å². The van der Waals surface area contributed by atoms with Crippen molar-refractivity contribution in [2.75, 3.05) is 0 Å². The minimum atomic E-state index is -0.575. The molecule has 0 unspecified atom stereocenters. The quantitative estimate of drug-likeness (QED) is 0.738. The standard InChI is InChI=1S/C27H32N2O2/c1-20(30)29-24(21-12-6-3-7-13-21)18-19-27(2,22-14-8-4-9-15-22)25(29)26(31)28-23-16-10-5-11-17-23/h3-4,6-9,12-16,24-25H,5,10-11,17-19H2,1-2H3,(H,28,31)/t24-,25+,27+/m0/s1. The van der Waals surface area contributed by atoms with E-state index in [0.717, 1.165) is 48.9 Å². The Bertz CT molecular complexity index is 954. The van der Waals surface area contributed by atoms with Gasteiger partial charge < -0.3 is 10.2 Å². The second-order valence-electron chi connectivity index (χ2n) is 9.04. The fourth-order valence-electron chi connectivity index (χ4n) is 5.32. The molecule has 0 bridgehead atoms. The van der Waals surface area contributed by atoms with Crippen molar-refractivity contribution < 1.29 is 9.59 Å². The molecule has 4 nitrogen and oxygen atoms in total. The van der Waals surface area contributed by atoms with Crippen LogP contribution in [-0.2, 0) is 15.0 Å². The molecule has 1 aliphatic carbocycles. The fraction of sp³-hybridized carbons (Fsp3) is 0.407. The van der Waals surface area contributed by atoms with Crippen molar-refractivity contribution in [1.29, 1.82) is 0 Å². The zero-order chi connectivity index (χ0) is 21.8. The highest BCUT2D eigenvalue weighted by molar-refractivity contribution is 5.90. The minimum absolute atomic E-state index is 0.0616. The summed E-state index contributed by atoms with van der Waals surface area (Å²) in [4.78, 5) is 28.7. The van der Waals surface area contributed by atoms with E-state index in [-0.39, 0.29) is 17.9 Å². The summed E-state index contributed by atoms with van der Waals surface area (Å²) in [5.74, 6) is -0.135. The van der Waals surface area contributed by atoms with Crippen LogP contribution in [0.15, 0.2) is 72.4 Å². The average molecular weight is 417 g/mol. The Balaban J connectivity index is 1.77. The first-order valence-corrected chi connectivity index (χ1v) is 11.4. The number of allylic oxidation sites excluding steroid dienone is 2. The Hall–Kier alpha value is -2.88. The molecule has 4 rings (SSSR count). The van der Waals surface area contributed by atoms with Gasteiger partial charge in [0.15, 0.2) is 0 Å². The fourth-order valence-corrected chi connectivity index (χ4v) is 5.32. The molecule has 31 heavy (non-hydrogen) atoms. The molecule has 1 N–H and O–H groups in total. The maximum Gasteiger partial charge on any atom is 0.247 e. The summed E-state index contributed by atoms with van der Waals surface area (Å²) in [5.41, 5.74) is 2.72. The number of carbonyl (C=O) groups is 2. The minimum Gasteiger partial charge on any atom is -0.328 e. The third-order valence-corrected chi connectivity index (χ3v) is 6.96. The Kier molecular flexibility index (Phi) is 6.26. The molecule has 0 saturated carbocycles. The van der Waals surface area contributed by atoms with Gasteiger partial charge in [0.2, 0.25) is 11.8 Å². The van der Waals surface area contributed by atoms with Crippen LogP contribution in [0.1, 0.15) is 69.5 Å². The highest BCUT2D eigenvalue weighted by Gasteiger charge is 2.51. The highest BCUT2D eigenvalue weighted by atomic mass is 16.2. The van der Waals surface area contributed by atoms with Crippen molar-refractivity contribution in [3.8, 4) is 0 Å². The number of hydrogen-bond donors (Lipinski definition) is 1. The van der Waals surface area contributed by atoms with Crippen molar-refractivity contribution in [3.05, 3.63) is 83.6 Å². The van der Waals surface area contributed by atoms with Gasteiger partial charge in [-0.3, -0.25) is 9.59 Å². The molecule has 0 radical (unpaired) electrons. The molecule has 4 heteroatoms. The molecule has 2 aromatic rings. The van der Waals surface area contributed by atoms with Gasteiger partial charge in [-0.15, -0.1) is 0 Å². The molecular weight excluding hydrogens is 384 g/mol. The zero-order valence-corrected chi connectivity index (χ0v) is 18.5. The lowest BCUT2D eigenvalue weighted by molar-refractivity contribution is -0.148. The van der Waals surface area contributed by atoms with Crippen molar-refractivity contribution in [2.45, 2.75) is 69.9 Å². The van der Waals surface area contributed by atoms with Crippen LogP contribution >= 0.6 is 0 Å². The van der Waals surface area contributed by atoms with Gasteiger partial charge in [0.1, 0.15) is 6.04 Å². The van der Waals surface area contributed by atoms with Gasteiger partial charge in [0, 0.05) is 18.0 Å². The van der Waals surface area contributed by atoms with Crippen LogP contribution in [0.3, 0.4) is 0 Å². The van der Waals surface area contributed by atoms with Crippen molar-refractivity contribution >= 4 is 11.8 Å². The van der Waals surface area contributed by atoms with Gasteiger partial charge in [-0.1, -0.05) is 73.7 Å². The van der Waals surface area contributed by atoms with E-state index in [9.17, 15) is 9.59 Å². The second kappa shape index (κ2) is 9.09. The van der Waals surface area contributed by atoms with Gasteiger partial charge in [-0.25, -0.2) is 0 Å². The number of rotatable bonds is 4. The molecule has 3 atom stereocenters. The number of carbonyl (C=O) groups excluding carboxylic acids is 2. The van der Waals surface area contributed by atoms with Crippen molar-refractivity contribution in [2.24, 2.45) is 0 Å². The van der Waals surface area contributed by atoms with E-state index >= 15 is 0 Å². The topological polar surface area (TPSA) is 49.4 Å². The lowest BCUT2D eigenvalue weighted by Crippen LogP contribution is -2.62. The van der Waals surface area contributed by atoms with Gasteiger partial charge in [-0.05, 0) is 49.7 Å². The monoisotopic (exact) mass is 416 g/mol. The first-order valence-electron chi connectivity index (χ1n) is 11.4. The van der Waals surface area contributed by atoms with E-state index in [0.29, 0.717) is 0 Å². The van der Waals surface area contributed by atoms with E-state index < -0.39 is 11.5 Å². The average Bonchev–Trinajstić information content (AvgIpc) is 2.80. The van der Waals surface area contributed by atoms with Crippen LogP contribution in [0.4, 0.5) is 0 Å². The number of nitrogens with one attached hydrogen (secondary N) is 1. The molecule has 2 amide bonds. The predicted octanol–water partition coefficient (Wildman–Crippen LogP) is 5.27. The second-order valence-corrected chi connectivity index (χ2v) is 9.04. The Morgan fingerprint density at radius 2 is 1.68 bits per heavy atom. The summed E-state index contributed by atoms with van der Waals surface area (Å²) in [5, 5.41) is 3.20. The van der Waals surface area contributed by atoms with E-state index in [1.165, 1.54) is 6.42 Å². The number of likely N-dealkylation sites (tertiary alicyclic amines) is 1. The predicted molar refractivity (Wildman–Crippen MR) is 123 cm³/mol. The molecule has 1 aliphatic heterocycles.